The molecule has 4 aromatic rings. The van der Waals surface area contributed by atoms with Gasteiger partial charge in [-0.3, -0.25) is 0 Å². The van der Waals surface area contributed by atoms with E-state index in [4.69, 9.17) is 9.78 Å². The average Bonchev–Trinajstić information content (AvgIpc) is 2.91. The second-order valence-corrected chi connectivity index (χ2v) is 8.92. The average molecular weight is 451 g/mol. The lowest BCUT2D eigenvalue weighted by Crippen LogP contribution is -2.11. The molecule has 174 valence electrons. The molecule has 0 saturated carbocycles. The summed E-state index contributed by atoms with van der Waals surface area (Å²) < 4.78 is 0. The van der Waals surface area contributed by atoms with Gasteiger partial charge in [0.1, 0.15) is 0 Å². The lowest BCUT2D eigenvalue weighted by atomic mass is 9.81. The Kier molecular flexibility index (Phi) is 7.82. The summed E-state index contributed by atoms with van der Waals surface area (Å²) in [5.74, 6) is 1.40. The van der Waals surface area contributed by atoms with Crippen LogP contribution in [-0.2, 0) is 4.89 Å². The third-order valence-corrected chi connectivity index (χ3v) is 6.76. The molecular formula is C32H34O2. The summed E-state index contributed by atoms with van der Waals surface area (Å²) >= 11 is 0. The molecule has 34 heavy (non-hydrogen) atoms. The molecule has 0 N–H and O–H groups in total. The Morgan fingerprint density at radius 3 is 1.29 bits per heavy atom. The van der Waals surface area contributed by atoms with Crippen LogP contribution in [0.2, 0.25) is 0 Å². The largest absolute Gasteiger partial charge is 0.337 e. The number of benzene rings is 4. The van der Waals surface area contributed by atoms with E-state index in [-0.39, 0.29) is 17.8 Å². The van der Waals surface area contributed by atoms with Crippen LogP contribution in [-0.4, -0.2) is 6.61 Å². The Morgan fingerprint density at radius 2 is 0.912 bits per heavy atom. The fourth-order valence-corrected chi connectivity index (χ4v) is 4.58. The summed E-state index contributed by atoms with van der Waals surface area (Å²) in [5, 5.41) is 0. The van der Waals surface area contributed by atoms with Crippen molar-refractivity contribution in [3.05, 3.63) is 137 Å². The molecule has 0 amide bonds. The first-order valence-electron chi connectivity index (χ1n) is 12.2. The van der Waals surface area contributed by atoms with E-state index in [9.17, 15) is 0 Å². The van der Waals surface area contributed by atoms with Crippen LogP contribution in [0.5, 0.6) is 5.75 Å². The Bertz CT molecular complexity index is 1100. The fourth-order valence-electron chi connectivity index (χ4n) is 4.58. The third kappa shape index (κ3) is 5.24. The number of hydrogen-bond acceptors (Lipinski definition) is 2. The van der Waals surface area contributed by atoms with Crippen molar-refractivity contribution in [2.75, 3.05) is 6.61 Å². The highest BCUT2D eigenvalue weighted by Crippen LogP contribution is 2.42. The van der Waals surface area contributed by atoms with Gasteiger partial charge in [0.25, 0.3) is 0 Å². The predicted molar refractivity (Wildman–Crippen MR) is 141 cm³/mol. The van der Waals surface area contributed by atoms with Crippen molar-refractivity contribution in [3.8, 4) is 5.75 Å². The highest BCUT2D eigenvalue weighted by molar-refractivity contribution is 5.54. The van der Waals surface area contributed by atoms with Crippen LogP contribution < -0.4 is 4.89 Å². The van der Waals surface area contributed by atoms with E-state index >= 15 is 0 Å². The van der Waals surface area contributed by atoms with Crippen molar-refractivity contribution >= 4 is 0 Å². The van der Waals surface area contributed by atoms with Crippen molar-refractivity contribution in [3.63, 3.8) is 0 Å². The van der Waals surface area contributed by atoms with Crippen molar-refractivity contribution < 1.29 is 9.78 Å². The molecule has 4 aromatic carbocycles. The lowest BCUT2D eigenvalue weighted by molar-refractivity contribution is -0.203. The molecule has 0 heterocycles. The highest BCUT2D eigenvalue weighted by atomic mass is 17.2. The quantitative estimate of drug-likeness (QED) is 0.188. The zero-order chi connectivity index (χ0) is 23.9. The summed E-state index contributed by atoms with van der Waals surface area (Å²) in [6, 6.07) is 36.6. The molecule has 0 aliphatic heterocycles. The van der Waals surface area contributed by atoms with Crippen LogP contribution in [0.1, 0.15) is 78.8 Å². The first-order valence-corrected chi connectivity index (χ1v) is 12.2. The Morgan fingerprint density at radius 1 is 0.529 bits per heavy atom. The van der Waals surface area contributed by atoms with E-state index in [2.05, 4.69) is 124 Å². The maximum absolute atomic E-state index is 6.04. The topological polar surface area (TPSA) is 18.5 Å². The standard InChI is InChI=1S/C32H34O2/c1-5-33-34-32-30(24(3)27-17-11-7-12-18-27)21-29(23(2)26-15-9-6-10-16-26)22-31(32)25(4)28-19-13-8-14-20-28/h6-25H,5H2,1-4H3. The minimum absolute atomic E-state index is 0.154. The predicted octanol–water partition coefficient (Wildman–Crippen LogP) is 8.47. The second-order valence-electron chi connectivity index (χ2n) is 8.92. The molecule has 0 bridgehead atoms. The normalized spacial score (nSPS) is 13.8. The van der Waals surface area contributed by atoms with Crippen molar-refractivity contribution in [1.29, 1.82) is 0 Å². The van der Waals surface area contributed by atoms with E-state index in [1.807, 2.05) is 6.92 Å². The zero-order valence-electron chi connectivity index (χ0n) is 20.6. The molecule has 0 aliphatic carbocycles. The van der Waals surface area contributed by atoms with Gasteiger partial charge in [-0.2, -0.15) is 4.89 Å². The fraction of sp³-hybridized carbons (Fsp3) is 0.250. The molecule has 3 unspecified atom stereocenters. The number of hydrogen-bond donors (Lipinski definition) is 0. The van der Waals surface area contributed by atoms with Crippen molar-refractivity contribution in [1.82, 2.24) is 0 Å². The molecule has 0 aromatic heterocycles. The van der Waals surface area contributed by atoms with Crippen molar-refractivity contribution in [2.24, 2.45) is 0 Å². The van der Waals surface area contributed by atoms with Crippen LogP contribution in [0.15, 0.2) is 103 Å². The van der Waals surface area contributed by atoms with Crippen LogP contribution in [0.4, 0.5) is 0 Å². The Balaban J connectivity index is 1.91. The van der Waals surface area contributed by atoms with Crippen LogP contribution in [0.25, 0.3) is 0 Å². The molecular weight excluding hydrogens is 416 g/mol. The van der Waals surface area contributed by atoms with E-state index in [1.54, 1.807) is 0 Å². The Hall–Kier alpha value is -3.36. The van der Waals surface area contributed by atoms with Gasteiger partial charge >= 0.3 is 0 Å². The summed E-state index contributed by atoms with van der Waals surface area (Å²) in [5.41, 5.74) is 7.40. The minimum atomic E-state index is 0.154. The molecule has 2 nitrogen and oxygen atoms in total. The van der Waals surface area contributed by atoms with Gasteiger partial charge in [-0.25, -0.2) is 0 Å². The second kappa shape index (κ2) is 11.2. The maximum atomic E-state index is 6.04. The molecule has 0 aliphatic rings. The summed E-state index contributed by atoms with van der Waals surface area (Å²) in [6.07, 6.45) is 0. The summed E-state index contributed by atoms with van der Waals surface area (Å²) in [6.45, 7) is 9.21. The molecule has 0 fully saturated rings. The Labute approximate surface area is 204 Å². The van der Waals surface area contributed by atoms with Gasteiger partial charge in [0.05, 0.1) is 6.61 Å². The van der Waals surface area contributed by atoms with Gasteiger partial charge in [0.15, 0.2) is 5.75 Å². The summed E-state index contributed by atoms with van der Waals surface area (Å²) in [7, 11) is 0. The zero-order valence-corrected chi connectivity index (χ0v) is 20.6. The molecule has 0 saturated heterocycles. The highest BCUT2D eigenvalue weighted by Gasteiger charge is 2.25. The van der Waals surface area contributed by atoms with E-state index < -0.39 is 0 Å². The first-order chi connectivity index (χ1) is 16.6. The van der Waals surface area contributed by atoms with Crippen LogP contribution in [0, 0.1) is 0 Å². The third-order valence-electron chi connectivity index (χ3n) is 6.76. The van der Waals surface area contributed by atoms with Crippen LogP contribution in [0.3, 0.4) is 0 Å². The van der Waals surface area contributed by atoms with Gasteiger partial charge in [-0.15, -0.1) is 0 Å². The molecule has 0 spiro atoms. The van der Waals surface area contributed by atoms with E-state index in [0.717, 1.165) is 16.9 Å². The van der Waals surface area contributed by atoms with Gasteiger partial charge in [-0.05, 0) is 29.2 Å². The van der Waals surface area contributed by atoms with Gasteiger partial charge in [-0.1, -0.05) is 124 Å². The van der Waals surface area contributed by atoms with Crippen LogP contribution >= 0.6 is 0 Å². The molecule has 4 rings (SSSR count). The van der Waals surface area contributed by atoms with E-state index in [0.29, 0.717) is 6.61 Å². The molecule has 3 atom stereocenters. The lowest BCUT2D eigenvalue weighted by Gasteiger charge is -2.25. The van der Waals surface area contributed by atoms with Gasteiger partial charge in [0, 0.05) is 28.9 Å². The summed E-state index contributed by atoms with van der Waals surface area (Å²) in [4.78, 5) is 11.6. The maximum Gasteiger partial charge on any atom is 0.172 e. The molecule has 2 heteroatoms. The van der Waals surface area contributed by atoms with E-state index in [1.165, 1.54) is 22.3 Å². The smallest absolute Gasteiger partial charge is 0.172 e. The number of rotatable bonds is 9. The first kappa shape index (κ1) is 23.8. The SMILES string of the molecule is CCOOc1c(C(C)c2ccccc2)cc(C(C)c2ccccc2)cc1C(C)c1ccccc1. The minimum Gasteiger partial charge on any atom is -0.337 e. The van der Waals surface area contributed by atoms with Gasteiger partial charge < -0.3 is 4.89 Å². The van der Waals surface area contributed by atoms with Crippen molar-refractivity contribution in [2.45, 2.75) is 45.4 Å². The van der Waals surface area contributed by atoms with Gasteiger partial charge in [0.2, 0.25) is 0 Å². The monoisotopic (exact) mass is 450 g/mol. The molecule has 0 radical (unpaired) electrons.